The highest BCUT2D eigenvalue weighted by Gasteiger charge is 2.28. The molecule has 33 heavy (non-hydrogen) atoms. The molecule has 0 radical (unpaired) electrons. The van der Waals surface area contributed by atoms with Crippen molar-refractivity contribution in [3.8, 4) is 5.75 Å². The zero-order valence-corrected chi connectivity index (χ0v) is 20.1. The van der Waals surface area contributed by atoms with Crippen LogP contribution in [0.2, 0.25) is 0 Å². The molecule has 2 aromatic rings. The van der Waals surface area contributed by atoms with E-state index in [0.717, 1.165) is 30.5 Å². The van der Waals surface area contributed by atoms with E-state index >= 15 is 0 Å². The summed E-state index contributed by atoms with van der Waals surface area (Å²) < 4.78 is 52.9. The van der Waals surface area contributed by atoms with Crippen molar-refractivity contribution in [2.75, 3.05) is 33.4 Å². The molecule has 9 heteroatoms. The van der Waals surface area contributed by atoms with Crippen LogP contribution in [0.4, 0.5) is 4.39 Å². The van der Waals surface area contributed by atoms with Gasteiger partial charge in [-0.25, -0.2) is 12.8 Å². The standard InChI is InChI=1S/C24H31FN2O5S/c1-4-27(5-2)33(29,30)21-11-12-23(25)22(15-21)24(28)26(17-20-10-7-13-32-20)16-18-8-6-9-19(14-18)31-3/h6,8-9,11-12,14-15,20H,4-5,7,10,13,16-17H2,1-3H3. The molecule has 1 fully saturated rings. The quantitative estimate of drug-likeness (QED) is 0.521. The number of hydrogen-bond donors (Lipinski definition) is 0. The third-order valence-corrected chi connectivity index (χ3v) is 7.80. The number of amides is 1. The Bertz CT molecular complexity index is 1070. The van der Waals surface area contributed by atoms with Crippen molar-refractivity contribution in [2.45, 2.75) is 44.2 Å². The van der Waals surface area contributed by atoms with Gasteiger partial charge in [-0.05, 0) is 48.7 Å². The molecule has 1 aliphatic rings. The average Bonchev–Trinajstić information content (AvgIpc) is 3.32. The molecule has 1 atom stereocenters. The minimum absolute atomic E-state index is 0.102. The van der Waals surface area contributed by atoms with Crippen LogP contribution in [0.3, 0.4) is 0 Å². The number of rotatable bonds is 10. The van der Waals surface area contributed by atoms with E-state index in [1.54, 1.807) is 27.0 Å². The fraction of sp³-hybridized carbons (Fsp3) is 0.458. The van der Waals surface area contributed by atoms with E-state index in [1.807, 2.05) is 18.2 Å². The Morgan fingerprint density at radius 2 is 1.94 bits per heavy atom. The first-order valence-electron chi connectivity index (χ1n) is 11.1. The molecule has 1 heterocycles. The van der Waals surface area contributed by atoms with Gasteiger partial charge in [0.1, 0.15) is 11.6 Å². The van der Waals surface area contributed by atoms with Gasteiger partial charge >= 0.3 is 0 Å². The summed E-state index contributed by atoms with van der Waals surface area (Å²) in [4.78, 5) is 14.9. The Hall–Kier alpha value is -2.49. The third-order valence-electron chi connectivity index (χ3n) is 5.75. The van der Waals surface area contributed by atoms with Crippen LogP contribution in [0.1, 0.15) is 42.6 Å². The maximum absolute atomic E-state index is 14.8. The number of sulfonamides is 1. The number of methoxy groups -OCH3 is 1. The zero-order chi connectivity index (χ0) is 24.0. The van der Waals surface area contributed by atoms with E-state index in [2.05, 4.69) is 0 Å². The van der Waals surface area contributed by atoms with Crippen LogP contribution in [0, 0.1) is 5.82 Å². The van der Waals surface area contributed by atoms with Crippen LogP contribution >= 0.6 is 0 Å². The van der Waals surface area contributed by atoms with Gasteiger partial charge < -0.3 is 14.4 Å². The van der Waals surface area contributed by atoms with Crippen LogP contribution in [0.5, 0.6) is 5.75 Å². The minimum atomic E-state index is -3.84. The lowest BCUT2D eigenvalue weighted by Gasteiger charge is -2.26. The molecule has 0 aliphatic carbocycles. The number of carbonyl (C=O) groups is 1. The Labute approximate surface area is 195 Å². The maximum Gasteiger partial charge on any atom is 0.257 e. The molecular formula is C24H31FN2O5S. The van der Waals surface area contributed by atoms with E-state index in [-0.39, 0.29) is 42.7 Å². The summed E-state index contributed by atoms with van der Waals surface area (Å²) in [5.74, 6) is -0.695. The Balaban J connectivity index is 1.95. The molecular weight excluding hydrogens is 447 g/mol. The third kappa shape index (κ3) is 5.90. The van der Waals surface area contributed by atoms with E-state index < -0.39 is 21.7 Å². The first kappa shape index (κ1) is 25.1. The Kier molecular flexibility index (Phi) is 8.45. The van der Waals surface area contributed by atoms with Gasteiger partial charge in [-0.15, -0.1) is 0 Å². The van der Waals surface area contributed by atoms with Crippen molar-refractivity contribution in [3.05, 3.63) is 59.4 Å². The summed E-state index contributed by atoms with van der Waals surface area (Å²) in [6, 6.07) is 10.7. The van der Waals surface area contributed by atoms with Crippen LogP contribution in [0.15, 0.2) is 47.4 Å². The molecule has 3 rings (SSSR count). The largest absolute Gasteiger partial charge is 0.497 e. The summed E-state index contributed by atoms with van der Waals surface area (Å²) >= 11 is 0. The van der Waals surface area contributed by atoms with Crippen LogP contribution in [-0.2, 0) is 21.3 Å². The summed E-state index contributed by atoms with van der Waals surface area (Å²) in [7, 11) is -2.27. The van der Waals surface area contributed by atoms with E-state index in [1.165, 1.54) is 15.3 Å². The fourth-order valence-electron chi connectivity index (χ4n) is 3.96. The van der Waals surface area contributed by atoms with Crippen molar-refractivity contribution >= 4 is 15.9 Å². The first-order valence-corrected chi connectivity index (χ1v) is 12.6. The van der Waals surface area contributed by atoms with Gasteiger partial charge in [0, 0.05) is 32.8 Å². The number of halogens is 1. The van der Waals surface area contributed by atoms with Crippen molar-refractivity contribution in [3.63, 3.8) is 0 Å². The number of nitrogens with zero attached hydrogens (tertiary/aromatic N) is 2. The molecule has 1 amide bonds. The number of benzene rings is 2. The lowest BCUT2D eigenvalue weighted by molar-refractivity contribution is 0.0503. The number of hydrogen-bond acceptors (Lipinski definition) is 5. The molecule has 0 bridgehead atoms. The summed E-state index contributed by atoms with van der Waals surface area (Å²) in [6.45, 7) is 5.13. The monoisotopic (exact) mass is 478 g/mol. The van der Waals surface area contributed by atoms with Gasteiger partial charge in [-0.3, -0.25) is 4.79 Å². The SMILES string of the molecule is CCN(CC)S(=O)(=O)c1ccc(F)c(C(=O)N(Cc2cccc(OC)c2)CC2CCCO2)c1. The van der Waals surface area contributed by atoms with E-state index in [9.17, 15) is 17.6 Å². The highest BCUT2D eigenvalue weighted by molar-refractivity contribution is 7.89. The normalized spacial score (nSPS) is 16.2. The van der Waals surface area contributed by atoms with Crippen molar-refractivity contribution < 1.29 is 27.1 Å². The summed E-state index contributed by atoms with van der Waals surface area (Å²) in [5, 5.41) is 0. The van der Waals surface area contributed by atoms with Crippen LogP contribution in [0.25, 0.3) is 0 Å². The molecule has 7 nitrogen and oxygen atoms in total. The molecule has 180 valence electrons. The highest BCUT2D eigenvalue weighted by Crippen LogP contribution is 2.23. The molecule has 0 spiro atoms. The molecule has 2 aromatic carbocycles. The van der Waals surface area contributed by atoms with Gasteiger partial charge in [0.25, 0.3) is 5.91 Å². The molecule has 1 saturated heterocycles. The number of ether oxygens (including phenoxy) is 2. The first-order chi connectivity index (χ1) is 15.8. The van der Waals surface area contributed by atoms with Gasteiger partial charge in [-0.2, -0.15) is 4.31 Å². The predicted molar refractivity (Wildman–Crippen MR) is 123 cm³/mol. The van der Waals surface area contributed by atoms with Gasteiger partial charge in [0.15, 0.2) is 0 Å². The van der Waals surface area contributed by atoms with Gasteiger partial charge in [-0.1, -0.05) is 26.0 Å². The smallest absolute Gasteiger partial charge is 0.257 e. The van der Waals surface area contributed by atoms with Gasteiger partial charge in [0.2, 0.25) is 10.0 Å². The van der Waals surface area contributed by atoms with Crippen molar-refractivity contribution in [1.29, 1.82) is 0 Å². The molecule has 0 aromatic heterocycles. The Morgan fingerprint density at radius 3 is 2.58 bits per heavy atom. The van der Waals surface area contributed by atoms with E-state index in [4.69, 9.17) is 9.47 Å². The Morgan fingerprint density at radius 1 is 1.18 bits per heavy atom. The molecule has 1 unspecified atom stereocenters. The second kappa shape index (κ2) is 11.1. The second-order valence-corrected chi connectivity index (χ2v) is 9.84. The maximum atomic E-state index is 14.8. The van der Waals surface area contributed by atoms with Crippen LogP contribution in [-0.4, -0.2) is 63.0 Å². The zero-order valence-electron chi connectivity index (χ0n) is 19.3. The lowest BCUT2D eigenvalue weighted by atomic mass is 10.1. The summed E-state index contributed by atoms with van der Waals surface area (Å²) in [5.41, 5.74) is 0.539. The van der Waals surface area contributed by atoms with Crippen molar-refractivity contribution in [2.24, 2.45) is 0 Å². The van der Waals surface area contributed by atoms with Gasteiger partial charge in [0.05, 0.1) is 23.7 Å². The highest BCUT2D eigenvalue weighted by atomic mass is 32.2. The lowest BCUT2D eigenvalue weighted by Crippen LogP contribution is -2.37. The van der Waals surface area contributed by atoms with E-state index in [0.29, 0.717) is 12.4 Å². The molecule has 0 N–H and O–H groups in total. The topological polar surface area (TPSA) is 76.2 Å². The molecule has 1 aliphatic heterocycles. The summed E-state index contributed by atoms with van der Waals surface area (Å²) in [6.07, 6.45) is 1.56. The van der Waals surface area contributed by atoms with Crippen molar-refractivity contribution in [1.82, 2.24) is 9.21 Å². The van der Waals surface area contributed by atoms with Crippen LogP contribution < -0.4 is 4.74 Å². The fourth-order valence-corrected chi connectivity index (χ4v) is 5.44. The minimum Gasteiger partial charge on any atom is -0.497 e. The number of carbonyl (C=O) groups excluding carboxylic acids is 1. The molecule has 0 saturated carbocycles. The average molecular weight is 479 g/mol. The second-order valence-electron chi connectivity index (χ2n) is 7.90. The predicted octanol–water partition coefficient (Wildman–Crippen LogP) is 3.69.